The number of benzene rings is 1. The van der Waals surface area contributed by atoms with E-state index in [0.717, 1.165) is 24.9 Å². The van der Waals surface area contributed by atoms with E-state index in [1.165, 1.54) is 23.5 Å². The summed E-state index contributed by atoms with van der Waals surface area (Å²) in [7, 11) is 0. The highest BCUT2D eigenvalue weighted by Gasteiger charge is 2.27. The van der Waals surface area contributed by atoms with Gasteiger partial charge in [0.05, 0.1) is 6.54 Å². The Hall–Kier alpha value is -1.79. The SMILES string of the molecule is O=C(CN1CCC[C@@H]1c1ccc(F)cc1)Nc1nccs1. The predicted molar refractivity (Wildman–Crippen MR) is 80.7 cm³/mol. The van der Waals surface area contributed by atoms with Crippen molar-refractivity contribution >= 4 is 22.4 Å². The number of thiazole rings is 1. The highest BCUT2D eigenvalue weighted by Crippen LogP contribution is 2.31. The van der Waals surface area contributed by atoms with E-state index in [-0.39, 0.29) is 17.8 Å². The van der Waals surface area contributed by atoms with Crippen molar-refractivity contribution in [2.75, 3.05) is 18.4 Å². The van der Waals surface area contributed by atoms with Crippen molar-refractivity contribution in [1.29, 1.82) is 0 Å². The molecule has 1 aromatic heterocycles. The number of amides is 1. The van der Waals surface area contributed by atoms with Crippen molar-refractivity contribution in [3.63, 3.8) is 0 Å². The first-order chi connectivity index (χ1) is 10.2. The summed E-state index contributed by atoms with van der Waals surface area (Å²) < 4.78 is 13.0. The quantitative estimate of drug-likeness (QED) is 0.944. The number of carbonyl (C=O) groups excluding carboxylic acids is 1. The molecular weight excluding hydrogens is 289 g/mol. The fourth-order valence-corrected chi connectivity index (χ4v) is 3.25. The molecule has 4 nitrogen and oxygen atoms in total. The van der Waals surface area contributed by atoms with Gasteiger partial charge in [-0.1, -0.05) is 12.1 Å². The van der Waals surface area contributed by atoms with Crippen molar-refractivity contribution in [3.8, 4) is 0 Å². The Kier molecular flexibility index (Phi) is 4.26. The van der Waals surface area contributed by atoms with Gasteiger partial charge < -0.3 is 5.32 Å². The smallest absolute Gasteiger partial charge is 0.240 e. The standard InChI is InChI=1S/C15H16FN3OS/c16-12-5-3-11(4-6-12)13-2-1-8-19(13)10-14(20)18-15-17-7-9-21-15/h3-7,9,13H,1-2,8,10H2,(H,17,18,20)/t13-/m1/s1. The van der Waals surface area contributed by atoms with E-state index in [0.29, 0.717) is 11.7 Å². The summed E-state index contributed by atoms with van der Waals surface area (Å²) in [6, 6.07) is 6.74. The van der Waals surface area contributed by atoms with Gasteiger partial charge in [-0.15, -0.1) is 11.3 Å². The van der Waals surface area contributed by atoms with Crippen LogP contribution in [0.25, 0.3) is 0 Å². The maximum Gasteiger partial charge on any atom is 0.240 e. The van der Waals surface area contributed by atoms with Gasteiger partial charge in [0.15, 0.2) is 5.13 Å². The highest BCUT2D eigenvalue weighted by atomic mass is 32.1. The van der Waals surface area contributed by atoms with E-state index in [4.69, 9.17) is 0 Å². The molecule has 1 amide bonds. The molecule has 2 aromatic rings. The number of nitrogens with one attached hydrogen (secondary N) is 1. The van der Waals surface area contributed by atoms with Gasteiger partial charge in [-0.2, -0.15) is 0 Å². The number of halogens is 1. The third kappa shape index (κ3) is 3.46. The van der Waals surface area contributed by atoms with E-state index in [2.05, 4.69) is 15.2 Å². The monoisotopic (exact) mass is 305 g/mol. The van der Waals surface area contributed by atoms with Crippen LogP contribution in [-0.2, 0) is 4.79 Å². The van der Waals surface area contributed by atoms with Gasteiger partial charge in [0.25, 0.3) is 0 Å². The van der Waals surface area contributed by atoms with Crippen LogP contribution in [-0.4, -0.2) is 28.9 Å². The molecule has 0 aliphatic carbocycles. The lowest BCUT2D eigenvalue weighted by Gasteiger charge is -2.24. The Morgan fingerprint density at radius 2 is 2.24 bits per heavy atom. The molecule has 2 heterocycles. The summed E-state index contributed by atoms with van der Waals surface area (Å²) in [5, 5.41) is 5.25. The first-order valence-electron chi connectivity index (χ1n) is 6.91. The molecule has 1 aromatic carbocycles. The van der Waals surface area contributed by atoms with E-state index >= 15 is 0 Å². The second-order valence-corrected chi connectivity index (χ2v) is 5.96. The number of aromatic nitrogens is 1. The first-order valence-corrected chi connectivity index (χ1v) is 7.79. The summed E-state index contributed by atoms with van der Waals surface area (Å²) in [6.07, 6.45) is 3.71. The van der Waals surface area contributed by atoms with E-state index < -0.39 is 0 Å². The molecule has 1 saturated heterocycles. The third-order valence-corrected chi connectivity index (χ3v) is 4.33. The summed E-state index contributed by atoms with van der Waals surface area (Å²) in [5.41, 5.74) is 1.07. The van der Waals surface area contributed by atoms with Crippen LogP contribution in [0.2, 0.25) is 0 Å². The third-order valence-electron chi connectivity index (χ3n) is 3.64. The van der Waals surface area contributed by atoms with Crippen LogP contribution in [0, 0.1) is 5.82 Å². The molecule has 21 heavy (non-hydrogen) atoms. The number of rotatable bonds is 4. The lowest BCUT2D eigenvalue weighted by Crippen LogP contribution is -2.32. The Morgan fingerprint density at radius 3 is 2.95 bits per heavy atom. The maximum absolute atomic E-state index is 13.0. The summed E-state index contributed by atoms with van der Waals surface area (Å²) in [5.74, 6) is -0.288. The van der Waals surface area contributed by atoms with Gasteiger partial charge in [0.2, 0.25) is 5.91 Å². The molecule has 0 bridgehead atoms. The van der Waals surface area contributed by atoms with Crippen molar-refractivity contribution in [1.82, 2.24) is 9.88 Å². The molecule has 0 spiro atoms. The molecule has 0 radical (unpaired) electrons. The van der Waals surface area contributed by atoms with Crippen LogP contribution in [0.3, 0.4) is 0 Å². The zero-order chi connectivity index (χ0) is 14.7. The van der Waals surface area contributed by atoms with E-state index in [9.17, 15) is 9.18 Å². The Bertz CT molecular complexity index is 600. The summed E-state index contributed by atoms with van der Waals surface area (Å²) in [4.78, 5) is 18.2. The normalized spacial score (nSPS) is 18.8. The van der Waals surface area contributed by atoms with E-state index in [1.54, 1.807) is 18.3 Å². The molecule has 1 aliphatic rings. The largest absolute Gasteiger partial charge is 0.301 e. The van der Waals surface area contributed by atoms with Gasteiger partial charge in [-0.05, 0) is 37.1 Å². The predicted octanol–water partition coefficient (Wildman–Crippen LogP) is 3.06. The summed E-state index contributed by atoms with van der Waals surface area (Å²) in [6.45, 7) is 1.22. The lowest BCUT2D eigenvalue weighted by atomic mass is 10.0. The zero-order valence-corrected chi connectivity index (χ0v) is 12.3. The average molecular weight is 305 g/mol. The molecule has 3 rings (SSSR count). The Labute approximate surface area is 126 Å². The number of hydrogen-bond donors (Lipinski definition) is 1. The molecule has 0 saturated carbocycles. The molecular formula is C15H16FN3OS. The number of anilines is 1. The van der Waals surface area contributed by atoms with Crippen molar-refractivity contribution in [2.24, 2.45) is 0 Å². The van der Waals surface area contributed by atoms with Gasteiger partial charge in [-0.25, -0.2) is 9.37 Å². The molecule has 6 heteroatoms. The number of likely N-dealkylation sites (tertiary alicyclic amines) is 1. The maximum atomic E-state index is 13.0. The topological polar surface area (TPSA) is 45.2 Å². The fraction of sp³-hybridized carbons (Fsp3) is 0.333. The van der Waals surface area contributed by atoms with E-state index in [1.807, 2.05) is 5.38 Å². The van der Waals surface area contributed by atoms with Crippen molar-refractivity contribution in [2.45, 2.75) is 18.9 Å². The second kappa shape index (κ2) is 6.32. The van der Waals surface area contributed by atoms with Gasteiger partial charge >= 0.3 is 0 Å². The Balaban J connectivity index is 1.64. The molecule has 0 unspecified atom stereocenters. The highest BCUT2D eigenvalue weighted by molar-refractivity contribution is 7.13. The molecule has 1 atom stereocenters. The average Bonchev–Trinajstić information content (AvgIpc) is 3.11. The van der Waals surface area contributed by atoms with Crippen LogP contribution < -0.4 is 5.32 Å². The molecule has 1 N–H and O–H groups in total. The van der Waals surface area contributed by atoms with Crippen LogP contribution >= 0.6 is 11.3 Å². The molecule has 110 valence electrons. The van der Waals surface area contributed by atoms with Crippen LogP contribution in [0.1, 0.15) is 24.4 Å². The minimum atomic E-state index is -0.232. The first kappa shape index (κ1) is 14.2. The zero-order valence-electron chi connectivity index (χ0n) is 11.5. The number of hydrogen-bond acceptors (Lipinski definition) is 4. The van der Waals surface area contributed by atoms with Gasteiger partial charge in [-0.3, -0.25) is 9.69 Å². The number of carbonyl (C=O) groups is 1. The minimum Gasteiger partial charge on any atom is -0.301 e. The van der Waals surface area contributed by atoms with Crippen LogP contribution in [0.5, 0.6) is 0 Å². The van der Waals surface area contributed by atoms with Crippen LogP contribution in [0.15, 0.2) is 35.8 Å². The van der Waals surface area contributed by atoms with Crippen molar-refractivity contribution in [3.05, 3.63) is 47.2 Å². The lowest BCUT2D eigenvalue weighted by molar-refractivity contribution is -0.117. The molecule has 1 aliphatic heterocycles. The van der Waals surface area contributed by atoms with Crippen molar-refractivity contribution < 1.29 is 9.18 Å². The molecule has 1 fully saturated rings. The van der Waals surface area contributed by atoms with Gasteiger partial charge in [0.1, 0.15) is 5.82 Å². The Morgan fingerprint density at radius 1 is 1.43 bits per heavy atom. The second-order valence-electron chi connectivity index (χ2n) is 5.07. The minimum absolute atomic E-state index is 0.0565. The fourth-order valence-electron chi connectivity index (χ4n) is 2.71. The van der Waals surface area contributed by atoms with Crippen LogP contribution in [0.4, 0.5) is 9.52 Å². The van der Waals surface area contributed by atoms with Gasteiger partial charge in [0, 0.05) is 17.6 Å². The summed E-state index contributed by atoms with van der Waals surface area (Å²) >= 11 is 1.40. The number of nitrogens with zero attached hydrogens (tertiary/aromatic N) is 2.